The van der Waals surface area contributed by atoms with Gasteiger partial charge in [-0.15, -0.1) is 11.8 Å². The maximum absolute atomic E-state index is 12.4. The first kappa shape index (κ1) is 112. The van der Waals surface area contributed by atoms with E-state index in [0.717, 1.165) is 117 Å². The molecule has 38 heteroatoms. The third-order valence-corrected chi connectivity index (χ3v) is 18.6. The van der Waals surface area contributed by atoms with E-state index in [1.54, 1.807) is 61.5 Å². The Balaban J connectivity index is 0.000000482. The highest BCUT2D eigenvalue weighted by Gasteiger charge is 2.30. The number of hydrogen-bond donors (Lipinski definition) is 14. The first-order valence-corrected chi connectivity index (χ1v) is 40.8. The Morgan fingerprint density at radius 2 is 1.02 bits per heavy atom. The number of aromatic carboxylic acids is 4. The van der Waals surface area contributed by atoms with E-state index in [2.05, 4.69) is 9.72 Å². The zero-order chi connectivity index (χ0) is 97.8. The molecule has 1 aliphatic carbocycles. The van der Waals surface area contributed by atoms with Gasteiger partial charge in [0.25, 0.3) is 0 Å². The summed E-state index contributed by atoms with van der Waals surface area (Å²) in [7, 11) is 4.56. The van der Waals surface area contributed by atoms with Crippen LogP contribution in [0.1, 0.15) is 135 Å². The number of phenols is 1. The fourth-order valence-electron chi connectivity index (χ4n) is 10.8. The fraction of sp³-hybridized carbons (Fsp3) is 0.283. The van der Waals surface area contributed by atoms with Crippen LogP contribution in [0.15, 0.2) is 214 Å². The van der Waals surface area contributed by atoms with Gasteiger partial charge < -0.3 is 94.7 Å². The predicted molar refractivity (Wildman–Crippen MR) is 469 cm³/mol. The van der Waals surface area contributed by atoms with Gasteiger partial charge in [0.2, 0.25) is 5.76 Å². The van der Waals surface area contributed by atoms with Crippen molar-refractivity contribution in [2.24, 2.45) is 17.3 Å². The molecular weight excluding hydrogens is 1760 g/mol. The summed E-state index contributed by atoms with van der Waals surface area (Å²) in [5.74, 6) is -12.4. The number of furan rings is 1. The van der Waals surface area contributed by atoms with Crippen molar-refractivity contribution in [3.05, 3.63) is 267 Å². The van der Waals surface area contributed by atoms with Crippen LogP contribution in [-0.4, -0.2) is 197 Å². The molecular formula is C92H100F5NO30S2. The Kier molecular flexibility index (Phi) is 50.9. The number of hydrogen-bond acceptors (Lipinski definition) is 20. The maximum atomic E-state index is 12.4. The number of aromatic hydroxyl groups is 1. The van der Waals surface area contributed by atoms with Crippen molar-refractivity contribution in [3.63, 3.8) is 0 Å². The molecule has 3 aromatic heterocycles. The Morgan fingerprint density at radius 1 is 0.500 bits per heavy atom. The minimum Gasteiger partial charge on any atom is -0.504 e. The smallest absolute Gasteiger partial charge is 0.416 e. The number of carboxylic acids is 12. The molecule has 0 amide bonds. The molecule has 0 spiro atoms. The lowest BCUT2D eigenvalue weighted by Gasteiger charge is -2.24. The van der Waals surface area contributed by atoms with Crippen molar-refractivity contribution in [2.75, 3.05) is 47.4 Å². The number of rotatable bonds is 21. The zero-order valence-electron chi connectivity index (χ0n) is 71.2. The first-order chi connectivity index (χ1) is 61.2. The quantitative estimate of drug-likeness (QED) is 0.0235. The number of carbonyl (C=O) groups is 12. The molecule has 4 heterocycles. The predicted octanol–water partition coefficient (Wildman–Crippen LogP) is 18.0. The fourth-order valence-corrected chi connectivity index (χ4v) is 11.9. The first-order valence-electron chi connectivity index (χ1n) is 38.6. The summed E-state index contributed by atoms with van der Waals surface area (Å²) < 4.78 is 85.0. The summed E-state index contributed by atoms with van der Waals surface area (Å²) in [6.45, 7) is 7.02. The van der Waals surface area contributed by atoms with Gasteiger partial charge in [-0.2, -0.15) is 24.5 Å². The minimum atomic E-state index is -4.42. The molecule has 1 atom stereocenters. The molecule has 8 aromatic carbocycles. The zero-order valence-corrected chi connectivity index (χ0v) is 72.9. The summed E-state index contributed by atoms with van der Waals surface area (Å²) in [6.07, 6.45) is 3.87. The molecule has 0 radical (unpaired) electrons. The molecule has 130 heavy (non-hydrogen) atoms. The van der Waals surface area contributed by atoms with Gasteiger partial charge in [-0.1, -0.05) is 99.6 Å². The lowest BCUT2D eigenvalue weighted by atomic mass is 9.87. The number of halogens is 5. The monoisotopic (exact) mass is 1860 g/mol. The van der Waals surface area contributed by atoms with E-state index >= 15 is 0 Å². The Morgan fingerprint density at radius 3 is 1.44 bits per heavy atom. The van der Waals surface area contributed by atoms with E-state index in [1.165, 1.54) is 43.8 Å². The van der Waals surface area contributed by atoms with Crippen LogP contribution < -0.4 is 4.74 Å². The molecule has 700 valence electrons. The SMILES string of the molecule is CC(C)(C)CC(=O)O.COC1CCC(C(=O)O)CC1.COCCC(=O)O.COc1ccc(C(=O)O)cc1O.CSc1ccc(C(=O)O)cc1.O=C(O)C1CCOC1.O=C(O)Cc1c[nH]c2ccccc12.O=C(O)Cc1cc(F)cc(F)c1.O=C(O)Cc1ccc2ccccc2c1.O=C(O)Cc1ccsc1.O=C(O)c1cc2ccccc2o1.O=C(O)c1ccc(C(F)(F)F)cc1. The van der Waals surface area contributed by atoms with Crippen LogP contribution in [0.25, 0.3) is 32.6 Å². The van der Waals surface area contributed by atoms with E-state index in [-0.39, 0.29) is 89.7 Å². The highest BCUT2D eigenvalue weighted by Crippen LogP contribution is 2.31. The van der Waals surface area contributed by atoms with Gasteiger partial charge in [0, 0.05) is 54.3 Å². The third kappa shape index (κ3) is 47.5. The Bertz CT molecular complexity index is 5350. The number of phenolic OH excluding ortho intramolecular Hbond substituents is 1. The number of H-pyrrole nitrogens is 1. The van der Waals surface area contributed by atoms with E-state index in [4.69, 9.17) is 85.0 Å². The Hall–Kier alpha value is -14.1. The van der Waals surface area contributed by atoms with Gasteiger partial charge in [-0.3, -0.25) is 38.4 Å². The van der Waals surface area contributed by atoms with E-state index < -0.39 is 95.0 Å². The van der Waals surface area contributed by atoms with Crippen molar-refractivity contribution in [1.82, 2.24) is 4.98 Å². The van der Waals surface area contributed by atoms with Crippen molar-refractivity contribution in [2.45, 2.75) is 109 Å². The van der Waals surface area contributed by atoms with Gasteiger partial charge in [0.15, 0.2) is 11.5 Å². The second-order valence-electron chi connectivity index (χ2n) is 28.5. The normalized spacial score (nSPS) is 13.1. The van der Waals surface area contributed by atoms with Crippen molar-refractivity contribution >= 4 is 127 Å². The van der Waals surface area contributed by atoms with Gasteiger partial charge in [0.1, 0.15) is 17.2 Å². The van der Waals surface area contributed by atoms with Crippen LogP contribution in [0.4, 0.5) is 22.0 Å². The standard InChI is InChI=1S/C12H10O2.C10H9NO2.C9H6O3.C8H5F3O2.C8H6F2O2.C8H8O4.C8H14O3.C8H8O2S.C6H6O2S.C6H12O2.C5H8O3.C4H8O3/c13-12(14)8-9-5-6-10-3-1-2-4-11(10)7-9;12-10(13)5-7-6-11-9-4-2-1-3-8(7)9;10-9(11)8-5-6-3-1-2-4-7(6)12-8;9-8(10,11)6-3-1-5(2-4-6)7(12)13;9-6-1-5(3-8(11)12)2-7(10)4-6;1-12-7-3-2-5(8(10)11)4-6(7)9;2*1-11-7-4-2-6(3-5-7)8(9)10;7-6(8)3-5-1-2-9-4-5;1-6(2,3)4-5(7)8;6-5(7)4-1-2-8-3-4;1-7-3-2-4(5)6/h1-7H,8H2,(H,13,14);1-4,6,11H,5H2,(H,12,13);1-5H,(H,10,11);1-4H,(H,12,13);1-2,4H,3H2,(H,11,12);2-4,9H,1H3,(H,10,11);6-7H,2-5H2,1H3,(H,9,10);2-5H,1H3,(H,9,10);1-2,4H,3H2,(H,7,8);4H2,1-3H3,(H,7,8);4H,1-3H2,(H,6,7);2-3H2,1H3,(H,5,6). The van der Waals surface area contributed by atoms with Gasteiger partial charge >= 0.3 is 77.8 Å². The highest BCUT2D eigenvalue weighted by molar-refractivity contribution is 7.98. The number of fused-ring (bicyclic) bond motifs is 3. The van der Waals surface area contributed by atoms with Gasteiger partial charge in [-0.25, -0.2) is 28.0 Å². The van der Waals surface area contributed by atoms with Crippen LogP contribution >= 0.6 is 23.1 Å². The van der Waals surface area contributed by atoms with Crippen LogP contribution in [0.3, 0.4) is 0 Å². The van der Waals surface area contributed by atoms with Crippen LogP contribution in [0.2, 0.25) is 0 Å². The van der Waals surface area contributed by atoms with E-state index in [1.807, 2.05) is 123 Å². The molecule has 1 saturated heterocycles. The molecule has 13 rings (SSSR count). The average Bonchev–Trinajstić information content (AvgIpc) is 1.65. The van der Waals surface area contributed by atoms with Crippen molar-refractivity contribution in [1.29, 1.82) is 0 Å². The van der Waals surface area contributed by atoms with Gasteiger partial charge in [-0.05, 0) is 191 Å². The summed E-state index contributed by atoms with van der Waals surface area (Å²) in [4.78, 5) is 127. The summed E-state index contributed by atoms with van der Waals surface area (Å²) in [5.41, 5.74) is 3.56. The largest absolute Gasteiger partial charge is 0.504 e. The van der Waals surface area contributed by atoms with Crippen LogP contribution in [0, 0.1) is 28.9 Å². The minimum absolute atomic E-state index is 0.0174. The number of nitrogens with one attached hydrogen (secondary N) is 1. The number of carboxylic acid groups (broad SMARTS) is 12. The van der Waals surface area contributed by atoms with Crippen LogP contribution in [0.5, 0.6) is 11.5 Å². The van der Waals surface area contributed by atoms with E-state index in [0.29, 0.717) is 49.6 Å². The second kappa shape index (κ2) is 59.1. The molecule has 0 bridgehead atoms. The number of alkyl halides is 3. The maximum Gasteiger partial charge on any atom is 0.416 e. The number of benzene rings is 8. The number of aliphatic carboxylic acids is 8. The number of thioether (sulfide) groups is 1. The molecule has 11 aromatic rings. The van der Waals surface area contributed by atoms with Crippen molar-refractivity contribution in [3.8, 4) is 11.5 Å². The number of aromatic nitrogens is 1. The number of thiophene rings is 1. The molecule has 1 aliphatic heterocycles. The average molecular weight is 1860 g/mol. The molecule has 31 nitrogen and oxygen atoms in total. The number of methoxy groups -OCH3 is 3. The Labute approximate surface area is 749 Å². The number of para-hydroxylation sites is 2. The van der Waals surface area contributed by atoms with Gasteiger partial charge in [0.05, 0.1) is 99.0 Å². The number of aromatic amines is 1. The molecule has 2 fully saturated rings. The topological polar surface area (TPSA) is 534 Å². The lowest BCUT2D eigenvalue weighted by molar-refractivity contribution is -0.144. The third-order valence-electron chi connectivity index (χ3n) is 17.1. The molecule has 14 N–H and O–H groups in total. The van der Waals surface area contributed by atoms with E-state index in [9.17, 15) is 79.5 Å². The van der Waals surface area contributed by atoms with Crippen molar-refractivity contribution < 1.29 is 169 Å². The molecule has 1 unspecified atom stereocenters. The summed E-state index contributed by atoms with van der Waals surface area (Å²) >= 11 is 3.11. The summed E-state index contributed by atoms with van der Waals surface area (Å²) in [6, 6.07) is 48.6. The van der Waals surface area contributed by atoms with Crippen LogP contribution in [-0.2, 0) is 84.4 Å². The highest BCUT2D eigenvalue weighted by atomic mass is 32.2. The number of ether oxygens (including phenoxy) is 4. The molecule has 1 saturated carbocycles. The summed E-state index contributed by atoms with van der Waals surface area (Å²) in [5, 5.41) is 118. The molecule has 2 aliphatic rings. The second-order valence-corrected chi connectivity index (χ2v) is 30.2. The lowest BCUT2D eigenvalue weighted by Crippen LogP contribution is -2.25.